The predicted molar refractivity (Wildman–Crippen MR) is 81.9 cm³/mol. The van der Waals surface area contributed by atoms with Gasteiger partial charge in [-0.05, 0) is 62.1 Å². The SMILES string of the molecule is Cc1cc(C)c(C)c(S(=O)(=O)NNC(=O)c2ccco2)c1C. The average Bonchev–Trinajstić information content (AvgIpc) is 2.97. The van der Waals surface area contributed by atoms with Crippen molar-refractivity contribution in [3.8, 4) is 0 Å². The summed E-state index contributed by atoms with van der Waals surface area (Å²) in [6.45, 7) is 7.18. The number of carbonyl (C=O) groups excluding carboxylic acids is 1. The fourth-order valence-corrected chi connectivity index (χ4v) is 3.67. The monoisotopic (exact) mass is 322 g/mol. The Morgan fingerprint density at radius 1 is 1.09 bits per heavy atom. The first kappa shape index (κ1) is 16.3. The molecule has 1 aromatic carbocycles. The van der Waals surface area contributed by atoms with Crippen LogP contribution in [0.5, 0.6) is 0 Å². The van der Waals surface area contributed by atoms with E-state index in [0.29, 0.717) is 11.1 Å². The molecule has 1 aromatic heterocycles. The molecular formula is C15H18N2O4S. The third kappa shape index (κ3) is 3.05. The molecule has 7 heteroatoms. The summed E-state index contributed by atoms with van der Waals surface area (Å²) >= 11 is 0. The summed E-state index contributed by atoms with van der Waals surface area (Å²) in [6, 6.07) is 4.92. The summed E-state index contributed by atoms with van der Waals surface area (Å²) in [5, 5.41) is 0. The molecule has 2 N–H and O–H groups in total. The Kier molecular flexibility index (Phi) is 4.39. The van der Waals surface area contributed by atoms with E-state index in [0.717, 1.165) is 11.1 Å². The zero-order chi connectivity index (χ0) is 16.5. The number of hydrazine groups is 1. The first-order chi connectivity index (χ1) is 10.2. The topological polar surface area (TPSA) is 88.4 Å². The normalized spacial score (nSPS) is 11.5. The highest BCUT2D eigenvalue weighted by molar-refractivity contribution is 7.89. The molecule has 0 aliphatic rings. The van der Waals surface area contributed by atoms with Gasteiger partial charge in [-0.25, -0.2) is 8.42 Å². The van der Waals surface area contributed by atoms with E-state index in [-0.39, 0.29) is 10.7 Å². The molecule has 0 saturated carbocycles. The lowest BCUT2D eigenvalue weighted by Crippen LogP contribution is -2.42. The maximum absolute atomic E-state index is 12.5. The Hall–Kier alpha value is -2.12. The van der Waals surface area contributed by atoms with Crippen molar-refractivity contribution in [2.45, 2.75) is 32.6 Å². The molecule has 0 spiro atoms. The molecule has 118 valence electrons. The van der Waals surface area contributed by atoms with Gasteiger partial charge >= 0.3 is 5.91 Å². The number of benzene rings is 1. The zero-order valence-corrected chi connectivity index (χ0v) is 13.7. The molecule has 2 aromatic rings. The molecule has 0 radical (unpaired) electrons. The highest BCUT2D eigenvalue weighted by atomic mass is 32.2. The standard InChI is InChI=1S/C15H18N2O4S/c1-9-8-10(2)12(4)14(11(9)3)22(19,20)17-16-15(18)13-6-5-7-21-13/h5-8,17H,1-4H3,(H,16,18). The molecule has 0 bridgehead atoms. The van der Waals surface area contributed by atoms with Gasteiger partial charge in [-0.2, -0.15) is 0 Å². The third-order valence-electron chi connectivity index (χ3n) is 3.61. The molecule has 0 aliphatic carbocycles. The number of hydrogen-bond acceptors (Lipinski definition) is 4. The molecule has 0 atom stereocenters. The molecule has 0 unspecified atom stereocenters. The van der Waals surface area contributed by atoms with Crippen molar-refractivity contribution in [3.05, 3.63) is 52.5 Å². The summed E-state index contributed by atoms with van der Waals surface area (Å²) in [5.74, 6) is -0.634. The largest absolute Gasteiger partial charge is 0.459 e. The number of hydrogen-bond donors (Lipinski definition) is 2. The van der Waals surface area contributed by atoms with E-state index < -0.39 is 15.9 Å². The second-order valence-corrected chi connectivity index (χ2v) is 6.75. The molecule has 2 rings (SSSR count). The first-order valence-corrected chi connectivity index (χ1v) is 8.15. The van der Waals surface area contributed by atoms with Crippen LogP contribution in [0.4, 0.5) is 0 Å². The fraction of sp³-hybridized carbons (Fsp3) is 0.267. The minimum absolute atomic E-state index is 0.0246. The summed E-state index contributed by atoms with van der Waals surface area (Å²) < 4.78 is 29.9. The fourth-order valence-electron chi connectivity index (χ4n) is 2.22. The number of rotatable bonds is 4. The van der Waals surface area contributed by atoms with Gasteiger partial charge in [0.05, 0.1) is 11.2 Å². The number of amides is 1. The van der Waals surface area contributed by atoms with Gasteiger partial charge in [-0.15, -0.1) is 4.83 Å². The van der Waals surface area contributed by atoms with Gasteiger partial charge in [-0.3, -0.25) is 10.2 Å². The third-order valence-corrected chi connectivity index (χ3v) is 5.13. The van der Waals surface area contributed by atoms with E-state index in [1.54, 1.807) is 19.9 Å². The van der Waals surface area contributed by atoms with Gasteiger partial charge < -0.3 is 4.42 Å². The van der Waals surface area contributed by atoms with E-state index in [1.165, 1.54) is 12.3 Å². The number of sulfonamides is 1. The van der Waals surface area contributed by atoms with Gasteiger partial charge in [0.1, 0.15) is 0 Å². The van der Waals surface area contributed by atoms with E-state index in [4.69, 9.17) is 4.42 Å². The van der Waals surface area contributed by atoms with E-state index in [1.807, 2.05) is 19.9 Å². The van der Waals surface area contributed by atoms with Crippen LogP contribution in [0.25, 0.3) is 0 Å². The molecule has 6 nitrogen and oxygen atoms in total. The number of carbonyl (C=O) groups is 1. The van der Waals surface area contributed by atoms with Crippen LogP contribution in [-0.4, -0.2) is 14.3 Å². The van der Waals surface area contributed by atoms with Gasteiger partial charge in [0.15, 0.2) is 5.76 Å². The molecule has 1 heterocycles. The van der Waals surface area contributed by atoms with Crippen LogP contribution in [0.15, 0.2) is 33.8 Å². The van der Waals surface area contributed by atoms with Crippen LogP contribution in [0.2, 0.25) is 0 Å². The van der Waals surface area contributed by atoms with Gasteiger partial charge in [-0.1, -0.05) is 6.07 Å². The molecule has 0 saturated heterocycles. The van der Waals surface area contributed by atoms with E-state index in [2.05, 4.69) is 10.3 Å². The lowest BCUT2D eigenvalue weighted by Gasteiger charge is -2.16. The Bertz CT molecular complexity index is 782. The highest BCUT2D eigenvalue weighted by Gasteiger charge is 2.23. The zero-order valence-electron chi connectivity index (χ0n) is 12.9. The summed E-state index contributed by atoms with van der Waals surface area (Å²) in [5.41, 5.74) is 5.21. The lowest BCUT2D eigenvalue weighted by molar-refractivity contribution is 0.0917. The van der Waals surface area contributed by atoms with Crippen LogP contribution in [0, 0.1) is 27.7 Å². The summed E-state index contributed by atoms with van der Waals surface area (Å²) in [6.07, 6.45) is 1.33. The van der Waals surface area contributed by atoms with Gasteiger partial charge in [0.25, 0.3) is 10.0 Å². The van der Waals surface area contributed by atoms with Gasteiger partial charge in [0.2, 0.25) is 0 Å². The van der Waals surface area contributed by atoms with Crippen LogP contribution < -0.4 is 10.3 Å². The molecule has 22 heavy (non-hydrogen) atoms. The number of aryl methyl sites for hydroxylation is 2. The molecule has 1 amide bonds. The minimum Gasteiger partial charge on any atom is -0.459 e. The van der Waals surface area contributed by atoms with Crippen molar-refractivity contribution in [2.75, 3.05) is 0 Å². The van der Waals surface area contributed by atoms with Crippen LogP contribution in [-0.2, 0) is 10.0 Å². The van der Waals surface area contributed by atoms with Gasteiger partial charge in [0, 0.05) is 0 Å². The molecule has 0 fully saturated rings. The van der Waals surface area contributed by atoms with Crippen molar-refractivity contribution >= 4 is 15.9 Å². The van der Waals surface area contributed by atoms with E-state index in [9.17, 15) is 13.2 Å². The van der Waals surface area contributed by atoms with Crippen molar-refractivity contribution in [2.24, 2.45) is 0 Å². The van der Waals surface area contributed by atoms with Crippen LogP contribution in [0.3, 0.4) is 0 Å². The maximum Gasteiger partial charge on any atom is 0.301 e. The Morgan fingerprint density at radius 2 is 1.68 bits per heavy atom. The van der Waals surface area contributed by atoms with Crippen LogP contribution >= 0.6 is 0 Å². The smallest absolute Gasteiger partial charge is 0.301 e. The highest BCUT2D eigenvalue weighted by Crippen LogP contribution is 2.25. The van der Waals surface area contributed by atoms with Crippen molar-refractivity contribution in [1.82, 2.24) is 10.3 Å². The second kappa shape index (κ2) is 5.94. The van der Waals surface area contributed by atoms with Crippen molar-refractivity contribution in [3.63, 3.8) is 0 Å². The quantitative estimate of drug-likeness (QED) is 0.844. The Morgan fingerprint density at radius 3 is 2.18 bits per heavy atom. The predicted octanol–water partition coefficient (Wildman–Crippen LogP) is 2.14. The Balaban J connectivity index is 2.30. The summed E-state index contributed by atoms with van der Waals surface area (Å²) in [7, 11) is -3.88. The average molecular weight is 322 g/mol. The lowest BCUT2D eigenvalue weighted by atomic mass is 10.0. The van der Waals surface area contributed by atoms with Crippen molar-refractivity contribution < 1.29 is 17.6 Å². The number of furan rings is 1. The summed E-state index contributed by atoms with van der Waals surface area (Å²) in [4.78, 5) is 14.1. The maximum atomic E-state index is 12.5. The molecule has 0 aliphatic heterocycles. The number of nitrogens with one attached hydrogen (secondary N) is 2. The van der Waals surface area contributed by atoms with Crippen molar-refractivity contribution in [1.29, 1.82) is 0 Å². The van der Waals surface area contributed by atoms with E-state index >= 15 is 0 Å². The second-order valence-electron chi connectivity index (χ2n) is 5.13. The first-order valence-electron chi connectivity index (χ1n) is 6.67. The molecular weight excluding hydrogens is 304 g/mol. The van der Waals surface area contributed by atoms with Crippen LogP contribution in [0.1, 0.15) is 32.8 Å². The Labute approximate surface area is 129 Å². The minimum atomic E-state index is -3.88.